The van der Waals surface area contributed by atoms with Gasteiger partial charge in [0.1, 0.15) is 12.2 Å². The van der Waals surface area contributed by atoms with Gasteiger partial charge in [-0.2, -0.15) is 0 Å². The smallest absolute Gasteiger partial charge is 0.303 e. The highest BCUT2D eigenvalue weighted by atomic mass is 16.5. The van der Waals surface area contributed by atoms with E-state index in [1.54, 1.807) is 9.80 Å². The molecule has 0 saturated carbocycles. The van der Waals surface area contributed by atoms with E-state index >= 15 is 0 Å². The van der Waals surface area contributed by atoms with Gasteiger partial charge in [-0.15, -0.1) is 0 Å². The van der Waals surface area contributed by atoms with Gasteiger partial charge in [-0.3, -0.25) is 28.8 Å². The number of rotatable bonds is 30. The van der Waals surface area contributed by atoms with E-state index in [2.05, 4.69) is 47.1 Å². The molecule has 0 spiro atoms. The summed E-state index contributed by atoms with van der Waals surface area (Å²) >= 11 is 0. The van der Waals surface area contributed by atoms with E-state index in [-0.39, 0.29) is 49.8 Å². The Balaban J connectivity index is 3.94. The average molecular weight is 733 g/mol. The molecule has 2 atom stereocenters. The molecule has 2 N–H and O–H groups in total. The third-order valence-corrected chi connectivity index (χ3v) is 8.18. The first-order valence-electron chi connectivity index (χ1n) is 19.1. The number of hydrogen-bond acceptors (Lipinski definition) is 8. The second-order valence-corrected chi connectivity index (χ2v) is 13.2. The van der Waals surface area contributed by atoms with Gasteiger partial charge in [0.25, 0.3) is 0 Å². The number of carbonyl (C=O) groups is 6. The molecule has 52 heavy (non-hydrogen) atoms. The summed E-state index contributed by atoms with van der Waals surface area (Å²) in [5, 5.41) is 5.29. The minimum atomic E-state index is -0.576. The number of nitrogens with one attached hydrogen (secondary N) is 2. The molecule has 0 saturated heterocycles. The van der Waals surface area contributed by atoms with E-state index in [0.717, 1.165) is 51.4 Å². The Morgan fingerprint density at radius 3 is 1.04 bits per heavy atom. The van der Waals surface area contributed by atoms with Crippen molar-refractivity contribution >= 4 is 35.6 Å². The fourth-order valence-electron chi connectivity index (χ4n) is 5.44. The lowest BCUT2D eigenvalue weighted by Gasteiger charge is -2.26. The van der Waals surface area contributed by atoms with Crippen molar-refractivity contribution in [3.05, 3.63) is 36.5 Å². The molecule has 0 aromatic carbocycles. The zero-order chi connectivity index (χ0) is 39.0. The highest BCUT2D eigenvalue weighted by Gasteiger charge is 2.20. The minimum Gasteiger partial charge on any atom is -0.459 e. The fourth-order valence-corrected chi connectivity index (χ4v) is 5.44. The molecule has 296 valence electrons. The van der Waals surface area contributed by atoms with Gasteiger partial charge in [0.2, 0.25) is 23.6 Å². The van der Waals surface area contributed by atoms with Crippen molar-refractivity contribution in [3.8, 4) is 0 Å². The van der Waals surface area contributed by atoms with Crippen LogP contribution in [0.5, 0.6) is 0 Å². The normalized spacial score (nSPS) is 12.5. The molecule has 4 amide bonds. The van der Waals surface area contributed by atoms with Crippen molar-refractivity contribution in [2.75, 3.05) is 39.3 Å². The maximum atomic E-state index is 12.1. The molecule has 0 heterocycles. The van der Waals surface area contributed by atoms with Gasteiger partial charge in [0.15, 0.2) is 0 Å². The van der Waals surface area contributed by atoms with Crippen molar-refractivity contribution in [2.45, 2.75) is 144 Å². The molecule has 2 unspecified atom stereocenters. The third kappa shape index (κ3) is 30.8. The number of nitrogens with zero attached hydrogens (tertiary/aromatic N) is 2. The van der Waals surface area contributed by atoms with Crippen molar-refractivity contribution in [1.29, 1.82) is 0 Å². The van der Waals surface area contributed by atoms with Gasteiger partial charge in [-0.05, 0) is 64.2 Å². The average Bonchev–Trinajstić information content (AvgIpc) is 3.06. The van der Waals surface area contributed by atoms with E-state index in [1.807, 2.05) is 0 Å². The summed E-state index contributed by atoms with van der Waals surface area (Å²) in [5.41, 5.74) is 0. The van der Waals surface area contributed by atoms with Crippen molar-refractivity contribution in [3.63, 3.8) is 0 Å². The molecule has 0 fully saturated rings. The summed E-state index contributed by atoms with van der Waals surface area (Å²) in [6, 6.07) is 0. The zero-order valence-corrected chi connectivity index (χ0v) is 32.9. The summed E-state index contributed by atoms with van der Waals surface area (Å²) in [6.07, 6.45) is 27.3. The Morgan fingerprint density at radius 1 is 0.462 bits per heavy atom. The summed E-state index contributed by atoms with van der Waals surface area (Å²) in [4.78, 5) is 72.7. The maximum absolute atomic E-state index is 12.1. The Labute approximate surface area is 313 Å². The fraction of sp³-hybridized carbons (Fsp3) is 0.700. The van der Waals surface area contributed by atoms with E-state index in [9.17, 15) is 28.8 Å². The first-order chi connectivity index (χ1) is 24.8. The molecule has 0 rings (SSSR count). The molecule has 0 radical (unpaired) electrons. The van der Waals surface area contributed by atoms with Crippen molar-refractivity contribution in [2.24, 2.45) is 0 Å². The standard InChI is InChI=1S/C40H68N4O8/c1-33(45)41-29-39(51-37(5)49)31-43(35(3)47)27-25-23-21-19-17-15-13-11-9-7-8-10-12-14-16-18-20-22-24-26-28-44(36(4)48)32-40(52-38(6)50)30-42-34(2)46/h7,9,21-24,39-40H,8,10-20,25-32H2,1-6H3,(H,41,45)(H,42,46)/b9-7+,23-21-,24-22-. The number of hydrogen-bond donors (Lipinski definition) is 2. The molecule has 0 aliphatic rings. The molecule has 0 aromatic heterocycles. The Hall–Kier alpha value is -3.96. The molecule has 0 aliphatic carbocycles. The highest BCUT2D eigenvalue weighted by molar-refractivity contribution is 5.75. The lowest BCUT2D eigenvalue weighted by Crippen LogP contribution is -2.43. The van der Waals surface area contributed by atoms with Crippen LogP contribution in [0.1, 0.15) is 131 Å². The Bertz CT molecular complexity index is 1140. The molecular weight excluding hydrogens is 664 g/mol. The number of esters is 2. The van der Waals surface area contributed by atoms with E-state index in [1.165, 1.54) is 80.1 Å². The van der Waals surface area contributed by atoms with Crippen LogP contribution >= 0.6 is 0 Å². The monoisotopic (exact) mass is 733 g/mol. The first kappa shape index (κ1) is 48.0. The van der Waals surface area contributed by atoms with Crippen LogP contribution in [0.15, 0.2) is 36.5 Å². The van der Waals surface area contributed by atoms with Gasteiger partial charge in [0, 0.05) is 54.6 Å². The van der Waals surface area contributed by atoms with Gasteiger partial charge in [0.05, 0.1) is 26.2 Å². The molecule has 12 nitrogen and oxygen atoms in total. The largest absolute Gasteiger partial charge is 0.459 e. The number of carbonyl (C=O) groups excluding carboxylic acids is 6. The van der Waals surface area contributed by atoms with Gasteiger partial charge < -0.3 is 29.9 Å². The predicted molar refractivity (Wildman–Crippen MR) is 205 cm³/mol. The Kier molecular flexibility index (Phi) is 29.3. The first-order valence-corrected chi connectivity index (χ1v) is 19.1. The molecule has 0 aliphatic heterocycles. The number of allylic oxidation sites excluding steroid dienone is 4. The highest BCUT2D eigenvalue weighted by Crippen LogP contribution is 2.10. The van der Waals surface area contributed by atoms with Crippen LogP contribution in [0, 0.1) is 0 Å². The predicted octanol–water partition coefficient (Wildman–Crippen LogP) is 5.95. The summed E-state index contributed by atoms with van der Waals surface area (Å²) < 4.78 is 10.5. The number of unbranched alkanes of at least 4 members (excludes halogenated alkanes) is 10. The lowest BCUT2D eigenvalue weighted by atomic mass is 10.1. The van der Waals surface area contributed by atoms with Gasteiger partial charge >= 0.3 is 11.9 Å². The van der Waals surface area contributed by atoms with Gasteiger partial charge in [-0.1, -0.05) is 62.1 Å². The third-order valence-electron chi connectivity index (χ3n) is 8.18. The van der Waals surface area contributed by atoms with Crippen molar-refractivity contribution < 1.29 is 38.2 Å². The Morgan fingerprint density at radius 2 is 0.750 bits per heavy atom. The molecular formula is C40H68N4O8. The number of amides is 4. The second-order valence-electron chi connectivity index (χ2n) is 13.2. The number of ether oxygens (including phenoxy) is 2. The van der Waals surface area contributed by atoms with Crippen LogP contribution in [0.2, 0.25) is 0 Å². The quantitative estimate of drug-likeness (QED) is 0.0523. The maximum Gasteiger partial charge on any atom is 0.303 e. The summed E-state index contributed by atoms with van der Waals surface area (Å²) in [6.45, 7) is 10.3. The summed E-state index contributed by atoms with van der Waals surface area (Å²) in [7, 11) is 0. The van der Waals surface area contributed by atoms with Gasteiger partial charge in [-0.25, -0.2) is 0 Å². The van der Waals surface area contributed by atoms with Crippen LogP contribution in [0.3, 0.4) is 0 Å². The van der Waals surface area contributed by atoms with Crippen LogP contribution in [-0.2, 0) is 38.2 Å². The van der Waals surface area contributed by atoms with Crippen molar-refractivity contribution in [1.82, 2.24) is 20.4 Å². The molecule has 0 aromatic rings. The molecule has 12 heteroatoms. The zero-order valence-electron chi connectivity index (χ0n) is 32.9. The van der Waals surface area contributed by atoms with E-state index < -0.39 is 24.1 Å². The second kappa shape index (κ2) is 31.7. The van der Waals surface area contributed by atoms with Crippen LogP contribution in [0.25, 0.3) is 0 Å². The molecule has 0 bridgehead atoms. The topological polar surface area (TPSA) is 151 Å². The lowest BCUT2D eigenvalue weighted by molar-refractivity contribution is -0.149. The SMILES string of the molecule is CC(=O)NCC(CN(CC/C=C\CCCCC/C=C/CCCCCCC/C=C\CCN(CC(CNC(C)=O)OC(C)=O)C(C)=O)C(C)=O)OC(C)=O. The van der Waals surface area contributed by atoms with Crippen LogP contribution in [0.4, 0.5) is 0 Å². The summed E-state index contributed by atoms with van der Waals surface area (Å²) in [5.74, 6) is -1.50. The van der Waals surface area contributed by atoms with E-state index in [0.29, 0.717) is 13.1 Å². The minimum absolute atomic E-state index is 0.0927. The van der Waals surface area contributed by atoms with Crippen LogP contribution in [-0.4, -0.2) is 96.8 Å². The van der Waals surface area contributed by atoms with E-state index in [4.69, 9.17) is 9.47 Å². The van der Waals surface area contributed by atoms with Crippen LogP contribution < -0.4 is 10.6 Å².